The van der Waals surface area contributed by atoms with Gasteiger partial charge in [-0.15, -0.1) is 23.7 Å². The summed E-state index contributed by atoms with van der Waals surface area (Å²) in [5.74, 6) is 1.24. The summed E-state index contributed by atoms with van der Waals surface area (Å²) in [6, 6.07) is 0. The van der Waals surface area contributed by atoms with Crippen molar-refractivity contribution in [3.8, 4) is 0 Å². The van der Waals surface area contributed by atoms with Crippen molar-refractivity contribution in [3.63, 3.8) is 0 Å². The average Bonchev–Trinajstić information content (AvgIpc) is 2.76. The monoisotopic (exact) mass is 303 g/mol. The predicted octanol–water partition coefficient (Wildman–Crippen LogP) is 2.18. The Morgan fingerprint density at radius 1 is 1.47 bits per heavy atom. The molecule has 0 radical (unpaired) electrons. The van der Waals surface area contributed by atoms with E-state index in [0.29, 0.717) is 24.1 Å². The highest BCUT2D eigenvalue weighted by Gasteiger charge is 2.27. The fourth-order valence-corrected chi connectivity index (χ4v) is 3.43. The average molecular weight is 304 g/mol. The van der Waals surface area contributed by atoms with Crippen LogP contribution in [0.15, 0.2) is 5.38 Å². The minimum absolute atomic E-state index is 0. The minimum Gasteiger partial charge on any atom is -0.337 e. The molecule has 1 aromatic heterocycles. The van der Waals surface area contributed by atoms with E-state index in [-0.39, 0.29) is 18.3 Å². The Bertz CT molecular complexity index is 414. The number of hydrogen-bond acceptors (Lipinski definition) is 4. The van der Waals surface area contributed by atoms with Crippen molar-refractivity contribution in [2.24, 2.45) is 17.6 Å². The fourth-order valence-electron chi connectivity index (χ4n) is 2.64. The molecular weight excluding hydrogens is 282 g/mol. The number of piperidine rings is 1. The van der Waals surface area contributed by atoms with E-state index in [1.165, 1.54) is 17.8 Å². The highest BCUT2D eigenvalue weighted by molar-refractivity contribution is 7.09. The van der Waals surface area contributed by atoms with Crippen LogP contribution in [0.3, 0.4) is 0 Å². The van der Waals surface area contributed by atoms with E-state index < -0.39 is 0 Å². The molecule has 19 heavy (non-hydrogen) atoms. The Labute approximate surface area is 124 Å². The summed E-state index contributed by atoms with van der Waals surface area (Å²) >= 11 is 1.53. The van der Waals surface area contributed by atoms with Crippen LogP contribution < -0.4 is 5.73 Å². The van der Waals surface area contributed by atoms with Gasteiger partial charge >= 0.3 is 0 Å². The van der Waals surface area contributed by atoms with Crippen molar-refractivity contribution in [2.45, 2.75) is 26.7 Å². The van der Waals surface area contributed by atoms with Crippen LogP contribution in [0.4, 0.5) is 0 Å². The highest BCUT2D eigenvalue weighted by Crippen LogP contribution is 2.23. The Balaban J connectivity index is 0.00000180. The molecule has 0 spiro atoms. The first-order chi connectivity index (χ1) is 8.60. The maximum atomic E-state index is 12.3. The van der Waals surface area contributed by atoms with Crippen molar-refractivity contribution in [1.82, 2.24) is 9.88 Å². The molecule has 108 valence electrons. The third-order valence-corrected chi connectivity index (χ3v) is 4.19. The van der Waals surface area contributed by atoms with Crippen LogP contribution in [0.1, 0.15) is 35.8 Å². The zero-order valence-electron chi connectivity index (χ0n) is 11.5. The van der Waals surface area contributed by atoms with Crippen LogP contribution in [0.25, 0.3) is 0 Å². The molecule has 4 nitrogen and oxygen atoms in total. The molecule has 1 fully saturated rings. The summed E-state index contributed by atoms with van der Waals surface area (Å²) in [5, 5.41) is 2.82. The topological polar surface area (TPSA) is 59.2 Å². The summed E-state index contributed by atoms with van der Waals surface area (Å²) < 4.78 is 0. The molecule has 6 heteroatoms. The first kappa shape index (κ1) is 16.4. The van der Waals surface area contributed by atoms with E-state index in [0.717, 1.165) is 24.5 Å². The van der Waals surface area contributed by atoms with Gasteiger partial charge in [-0.3, -0.25) is 4.79 Å². The molecule has 1 aliphatic rings. The molecule has 2 N–H and O–H groups in total. The number of carbonyl (C=O) groups is 1. The van der Waals surface area contributed by atoms with Gasteiger partial charge in [0.15, 0.2) is 0 Å². The van der Waals surface area contributed by atoms with Gasteiger partial charge in [-0.1, -0.05) is 13.8 Å². The van der Waals surface area contributed by atoms with Crippen LogP contribution in [-0.4, -0.2) is 35.4 Å². The second-order valence-corrected chi connectivity index (χ2v) is 6.26. The predicted molar refractivity (Wildman–Crippen MR) is 81.0 cm³/mol. The summed E-state index contributed by atoms with van der Waals surface area (Å²) in [6.45, 7) is 6.70. The number of nitrogens with two attached hydrogens (primary N) is 1. The summed E-state index contributed by atoms with van der Waals surface area (Å²) in [5.41, 5.74) is 6.08. The normalized spacial score (nSPS) is 23.0. The Hall–Kier alpha value is -0.650. The Morgan fingerprint density at radius 3 is 2.68 bits per heavy atom. The molecule has 0 bridgehead atoms. The molecule has 2 unspecified atom stereocenters. The lowest BCUT2D eigenvalue weighted by Gasteiger charge is -2.34. The van der Waals surface area contributed by atoms with Gasteiger partial charge in [0.05, 0.1) is 5.01 Å². The van der Waals surface area contributed by atoms with Crippen molar-refractivity contribution in [3.05, 3.63) is 16.1 Å². The Morgan fingerprint density at radius 2 is 2.11 bits per heavy atom. The second kappa shape index (κ2) is 7.22. The van der Waals surface area contributed by atoms with Gasteiger partial charge in [0.2, 0.25) is 0 Å². The lowest BCUT2D eigenvalue weighted by Crippen LogP contribution is -2.42. The van der Waals surface area contributed by atoms with Gasteiger partial charge in [-0.2, -0.15) is 0 Å². The van der Waals surface area contributed by atoms with Gasteiger partial charge in [0, 0.05) is 24.9 Å². The summed E-state index contributed by atoms with van der Waals surface area (Å²) in [6.07, 6.45) is 1.96. The Kier molecular flexibility index (Phi) is 6.23. The smallest absolute Gasteiger partial charge is 0.273 e. The number of rotatable bonds is 3. The van der Waals surface area contributed by atoms with E-state index in [4.69, 9.17) is 5.73 Å². The number of nitrogens with zero attached hydrogens (tertiary/aromatic N) is 2. The van der Waals surface area contributed by atoms with Crippen molar-refractivity contribution < 1.29 is 4.79 Å². The number of likely N-dealkylation sites (tertiary alicyclic amines) is 1. The van der Waals surface area contributed by atoms with E-state index in [1.54, 1.807) is 0 Å². The molecule has 0 saturated carbocycles. The van der Waals surface area contributed by atoms with E-state index in [9.17, 15) is 4.79 Å². The third kappa shape index (κ3) is 4.16. The molecule has 0 aliphatic carbocycles. The highest BCUT2D eigenvalue weighted by atomic mass is 35.5. The molecule has 1 aliphatic heterocycles. The zero-order chi connectivity index (χ0) is 13.1. The second-order valence-electron chi connectivity index (χ2n) is 5.32. The lowest BCUT2D eigenvalue weighted by atomic mass is 9.92. The van der Waals surface area contributed by atoms with Crippen LogP contribution in [0.2, 0.25) is 0 Å². The maximum Gasteiger partial charge on any atom is 0.273 e. The molecule has 2 rings (SSSR count). The molecule has 1 saturated heterocycles. The van der Waals surface area contributed by atoms with Gasteiger partial charge in [0.25, 0.3) is 5.91 Å². The first-order valence-electron chi connectivity index (χ1n) is 6.54. The van der Waals surface area contributed by atoms with Gasteiger partial charge in [-0.05, 0) is 24.8 Å². The number of aromatic nitrogens is 1. The van der Waals surface area contributed by atoms with Crippen molar-refractivity contribution in [1.29, 1.82) is 0 Å². The SMILES string of the molecule is CC1CC(C)CN(C(=O)c2csc(CCN)n2)C1.Cl. The van der Waals surface area contributed by atoms with Crippen LogP contribution in [0.5, 0.6) is 0 Å². The number of hydrogen-bond donors (Lipinski definition) is 1. The molecule has 2 heterocycles. The molecule has 1 aromatic rings. The van der Waals surface area contributed by atoms with E-state index in [1.807, 2.05) is 10.3 Å². The molecule has 1 amide bonds. The quantitative estimate of drug-likeness (QED) is 0.931. The van der Waals surface area contributed by atoms with Gasteiger partial charge in [0.1, 0.15) is 5.69 Å². The zero-order valence-corrected chi connectivity index (χ0v) is 13.1. The number of halogens is 1. The lowest BCUT2D eigenvalue weighted by molar-refractivity contribution is 0.0618. The van der Waals surface area contributed by atoms with Gasteiger partial charge < -0.3 is 10.6 Å². The fraction of sp³-hybridized carbons (Fsp3) is 0.692. The number of thiazole rings is 1. The summed E-state index contributed by atoms with van der Waals surface area (Å²) in [4.78, 5) is 18.7. The van der Waals surface area contributed by atoms with E-state index in [2.05, 4.69) is 18.8 Å². The van der Waals surface area contributed by atoms with Crippen molar-refractivity contribution >= 4 is 29.7 Å². The largest absolute Gasteiger partial charge is 0.337 e. The standard InChI is InChI=1S/C13H21N3OS.ClH/c1-9-5-10(2)7-16(6-9)13(17)11-8-18-12(15-11)3-4-14;/h8-10H,3-7,14H2,1-2H3;1H. The van der Waals surface area contributed by atoms with Crippen molar-refractivity contribution in [2.75, 3.05) is 19.6 Å². The third-order valence-electron chi connectivity index (χ3n) is 3.29. The van der Waals surface area contributed by atoms with Crippen LogP contribution in [0, 0.1) is 11.8 Å². The molecule has 2 atom stereocenters. The van der Waals surface area contributed by atoms with Gasteiger partial charge in [-0.25, -0.2) is 4.98 Å². The van der Waals surface area contributed by atoms with Crippen LogP contribution in [-0.2, 0) is 6.42 Å². The minimum atomic E-state index is 0. The number of carbonyl (C=O) groups excluding carboxylic acids is 1. The summed E-state index contributed by atoms with van der Waals surface area (Å²) in [7, 11) is 0. The molecule has 0 aromatic carbocycles. The first-order valence-corrected chi connectivity index (χ1v) is 7.42. The number of amides is 1. The van der Waals surface area contributed by atoms with E-state index >= 15 is 0 Å². The molecular formula is C13H22ClN3OS. The maximum absolute atomic E-state index is 12.3. The van der Waals surface area contributed by atoms with Crippen LogP contribution >= 0.6 is 23.7 Å².